The van der Waals surface area contributed by atoms with Gasteiger partial charge in [0.05, 0.1) is 24.5 Å². The molecule has 1 saturated heterocycles. The number of piperidine rings is 1. The molecule has 22 heavy (non-hydrogen) atoms. The van der Waals surface area contributed by atoms with E-state index in [1.54, 1.807) is 6.07 Å². The van der Waals surface area contributed by atoms with Crippen LogP contribution in [0.3, 0.4) is 0 Å². The van der Waals surface area contributed by atoms with Gasteiger partial charge in [-0.15, -0.1) is 0 Å². The molecule has 6 heteroatoms. The molecule has 0 amide bonds. The Morgan fingerprint density at radius 1 is 1.23 bits per heavy atom. The number of hydrogen-bond donors (Lipinski definition) is 3. The molecule has 120 valence electrons. The van der Waals surface area contributed by atoms with Crippen LogP contribution in [-0.2, 0) is 0 Å². The Balaban J connectivity index is 2.01. The summed E-state index contributed by atoms with van der Waals surface area (Å²) in [6, 6.07) is 8.03. The van der Waals surface area contributed by atoms with Crippen LogP contribution >= 0.6 is 0 Å². The number of benzene rings is 1. The molecule has 0 radical (unpaired) electrons. The molecular formula is C16H24N4O2. The van der Waals surface area contributed by atoms with Crippen LogP contribution in [-0.4, -0.2) is 60.5 Å². The van der Waals surface area contributed by atoms with Gasteiger partial charge in [0.15, 0.2) is 0 Å². The van der Waals surface area contributed by atoms with Gasteiger partial charge in [-0.1, -0.05) is 0 Å². The van der Waals surface area contributed by atoms with Crippen LogP contribution in [0.5, 0.6) is 0 Å². The average molecular weight is 304 g/mol. The number of nitrogens with zero attached hydrogens (tertiary/aromatic N) is 3. The van der Waals surface area contributed by atoms with Crippen LogP contribution in [0.25, 0.3) is 0 Å². The largest absolute Gasteiger partial charge is 0.399 e. The van der Waals surface area contributed by atoms with Crippen molar-refractivity contribution in [2.75, 3.05) is 50.0 Å². The number of hydrogen-bond acceptors (Lipinski definition) is 6. The van der Waals surface area contributed by atoms with Crippen molar-refractivity contribution in [2.24, 2.45) is 0 Å². The standard InChI is InChI=1S/C16H24N4O2/c17-12-13-11-14(18)1-2-16(13)20-5-3-15(4-6-20)19(7-9-21)8-10-22/h1-2,11,15,21-22H,3-10,18H2. The third kappa shape index (κ3) is 3.89. The van der Waals surface area contributed by atoms with Gasteiger partial charge >= 0.3 is 0 Å². The van der Waals surface area contributed by atoms with Gasteiger partial charge in [-0.25, -0.2) is 0 Å². The van der Waals surface area contributed by atoms with E-state index in [0.717, 1.165) is 31.6 Å². The van der Waals surface area contributed by atoms with Gasteiger partial charge in [-0.3, -0.25) is 4.90 Å². The molecule has 6 nitrogen and oxygen atoms in total. The number of nitrogens with two attached hydrogens (primary N) is 1. The molecule has 0 aliphatic carbocycles. The fraction of sp³-hybridized carbons (Fsp3) is 0.562. The normalized spacial score (nSPS) is 16.0. The Morgan fingerprint density at radius 3 is 2.41 bits per heavy atom. The first-order chi connectivity index (χ1) is 10.7. The minimum Gasteiger partial charge on any atom is -0.399 e. The van der Waals surface area contributed by atoms with Crippen molar-refractivity contribution in [3.05, 3.63) is 23.8 Å². The maximum atomic E-state index is 9.26. The molecule has 0 spiro atoms. The predicted octanol–water partition coefficient (Wildman–Crippen LogP) is 0.396. The Bertz CT molecular complexity index is 515. The van der Waals surface area contributed by atoms with Crippen molar-refractivity contribution >= 4 is 11.4 Å². The Hall–Kier alpha value is -1.81. The van der Waals surface area contributed by atoms with E-state index in [1.165, 1.54) is 0 Å². The molecule has 1 aliphatic rings. The van der Waals surface area contributed by atoms with E-state index in [2.05, 4.69) is 15.9 Å². The van der Waals surface area contributed by atoms with Crippen molar-refractivity contribution in [3.8, 4) is 6.07 Å². The summed E-state index contributed by atoms with van der Waals surface area (Å²) >= 11 is 0. The monoisotopic (exact) mass is 304 g/mol. The van der Waals surface area contributed by atoms with Gasteiger partial charge in [0.25, 0.3) is 0 Å². The maximum Gasteiger partial charge on any atom is 0.101 e. The van der Waals surface area contributed by atoms with E-state index in [0.29, 0.717) is 30.4 Å². The summed E-state index contributed by atoms with van der Waals surface area (Å²) in [7, 11) is 0. The molecule has 1 heterocycles. The fourth-order valence-corrected chi connectivity index (χ4v) is 3.12. The lowest BCUT2D eigenvalue weighted by Crippen LogP contribution is -2.47. The highest BCUT2D eigenvalue weighted by atomic mass is 16.3. The number of nitriles is 1. The average Bonchev–Trinajstić information content (AvgIpc) is 2.55. The van der Waals surface area contributed by atoms with Crippen molar-refractivity contribution in [2.45, 2.75) is 18.9 Å². The second-order valence-electron chi connectivity index (χ2n) is 5.59. The molecule has 0 aromatic heterocycles. The SMILES string of the molecule is N#Cc1cc(N)ccc1N1CCC(N(CCO)CCO)CC1. The quantitative estimate of drug-likeness (QED) is 0.658. The van der Waals surface area contributed by atoms with Crippen molar-refractivity contribution in [1.29, 1.82) is 5.26 Å². The summed E-state index contributed by atoms with van der Waals surface area (Å²) in [5.74, 6) is 0. The Morgan fingerprint density at radius 2 is 1.86 bits per heavy atom. The number of rotatable bonds is 6. The lowest BCUT2D eigenvalue weighted by atomic mass is 10.0. The first-order valence-electron chi connectivity index (χ1n) is 7.70. The van der Waals surface area contributed by atoms with Crippen molar-refractivity contribution < 1.29 is 10.2 Å². The highest BCUT2D eigenvalue weighted by Crippen LogP contribution is 2.27. The summed E-state index contributed by atoms with van der Waals surface area (Å²) in [5.41, 5.74) is 7.89. The summed E-state index contributed by atoms with van der Waals surface area (Å²) in [5, 5.41) is 27.5. The lowest BCUT2D eigenvalue weighted by molar-refractivity contribution is 0.108. The topological polar surface area (TPSA) is 96.8 Å². The summed E-state index contributed by atoms with van der Waals surface area (Å²) in [4.78, 5) is 4.36. The van der Waals surface area contributed by atoms with Crippen LogP contribution in [0, 0.1) is 11.3 Å². The van der Waals surface area contributed by atoms with Crippen LogP contribution < -0.4 is 10.6 Å². The van der Waals surface area contributed by atoms with Gasteiger partial charge in [0.1, 0.15) is 6.07 Å². The van der Waals surface area contributed by atoms with Crippen LogP contribution in [0.15, 0.2) is 18.2 Å². The Labute approximate surface area is 131 Å². The van der Waals surface area contributed by atoms with E-state index in [1.807, 2.05) is 12.1 Å². The first kappa shape index (κ1) is 16.6. The summed E-state index contributed by atoms with van der Waals surface area (Å²) in [6.45, 7) is 3.12. The number of anilines is 2. The highest BCUT2D eigenvalue weighted by molar-refractivity contribution is 5.64. The Kier molecular flexibility index (Phi) is 6.01. The zero-order valence-electron chi connectivity index (χ0n) is 12.8. The van der Waals surface area contributed by atoms with Gasteiger partial charge < -0.3 is 20.8 Å². The third-order valence-corrected chi connectivity index (χ3v) is 4.24. The van der Waals surface area contributed by atoms with Gasteiger partial charge in [0, 0.05) is 37.9 Å². The molecule has 1 aliphatic heterocycles. The number of aliphatic hydroxyl groups excluding tert-OH is 2. The van der Waals surface area contributed by atoms with E-state index in [-0.39, 0.29) is 13.2 Å². The zero-order valence-corrected chi connectivity index (χ0v) is 12.8. The summed E-state index contributed by atoms with van der Waals surface area (Å²) < 4.78 is 0. The minimum atomic E-state index is 0.108. The van der Waals surface area contributed by atoms with Crippen molar-refractivity contribution in [1.82, 2.24) is 4.90 Å². The van der Waals surface area contributed by atoms with Gasteiger partial charge in [-0.05, 0) is 31.0 Å². The van der Waals surface area contributed by atoms with E-state index < -0.39 is 0 Å². The molecule has 1 fully saturated rings. The van der Waals surface area contributed by atoms with Crippen molar-refractivity contribution in [3.63, 3.8) is 0 Å². The molecule has 0 atom stereocenters. The number of nitrogen functional groups attached to an aromatic ring is 1. The molecule has 1 aromatic carbocycles. The molecule has 0 bridgehead atoms. The summed E-state index contributed by atoms with van der Waals surface area (Å²) in [6.07, 6.45) is 1.91. The van der Waals surface area contributed by atoms with E-state index in [9.17, 15) is 5.26 Å². The third-order valence-electron chi connectivity index (χ3n) is 4.24. The van der Waals surface area contributed by atoms with Gasteiger partial charge in [0.2, 0.25) is 0 Å². The second kappa shape index (κ2) is 7.99. The zero-order chi connectivity index (χ0) is 15.9. The maximum absolute atomic E-state index is 9.26. The first-order valence-corrected chi connectivity index (χ1v) is 7.70. The second-order valence-corrected chi connectivity index (χ2v) is 5.59. The predicted molar refractivity (Wildman–Crippen MR) is 86.5 cm³/mol. The van der Waals surface area contributed by atoms with E-state index in [4.69, 9.17) is 15.9 Å². The van der Waals surface area contributed by atoms with Crippen LogP contribution in [0.4, 0.5) is 11.4 Å². The van der Waals surface area contributed by atoms with Crippen LogP contribution in [0.2, 0.25) is 0 Å². The smallest absolute Gasteiger partial charge is 0.101 e. The molecular weight excluding hydrogens is 280 g/mol. The minimum absolute atomic E-state index is 0.108. The molecule has 0 saturated carbocycles. The van der Waals surface area contributed by atoms with Crippen LogP contribution in [0.1, 0.15) is 18.4 Å². The fourth-order valence-electron chi connectivity index (χ4n) is 3.12. The molecule has 4 N–H and O–H groups in total. The molecule has 0 unspecified atom stereocenters. The number of aliphatic hydroxyl groups is 2. The molecule has 1 aromatic rings. The lowest BCUT2D eigenvalue weighted by Gasteiger charge is -2.39. The van der Waals surface area contributed by atoms with E-state index >= 15 is 0 Å². The molecule has 2 rings (SSSR count). The van der Waals surface area contributed by atoms with Gasteiger partial charge in [-0.2, -0.15) is 5.26 Å². The highest BCUT2D eigenvalue weighted by Gasteiger charge is 2.25.